The summed E-state index contributed by atoms with van der Waals surface area (Å²) in [6.07, 6.45) is 2.70. The standard InChI is InChI=1S/C15H18F2N4/c1-3-20(2)10-4-5-21(9-10)15-8-18-13-6-11(16)12(17)7-14(13)19-15/h6-8,10H,3-5,9H2,1-2H3. The van der Waals surface area contributed by atoms with Gasteiger partial charge in [-0.15, -0.1) is 0 Å². The monoisotopic (exact) mass is 292 g/mol. The molecule has 0 aliphatic carbocycles. The maximum atomic E-state index is 13.3. The van der Waals surface area contributed by atoms with E-state index >= 15 is 0 Å². The van der Waals surface area contributed by atoms with Gasteiger partial charge >= 0.3 is 0 Å². The summed E-state index contributed by atoms with van der Waals surface area (Å²) in [5, 5.41) is 0. The molecule has 1 atom stereocenters. The van der Waals surface area contributed by atoms with Gasteiger partial charge < -0.3 is 9.80 Å². The highest BCUT2D eigenvalue weighted by Gasteiger charge is 2.26. The van der Waals surface area contributed by atoms with Crippen molar-refractivity contribution in [3.63, 3.8) is 0 Å². The van der Waals surface area contributed by atoms with E-state index in [2.05, 4.69) is 33.7 Å². The van der Waals surface area contributed by atoms with Crippen LogP contribution in [0.2, 0.25) is 0 Å². The van der Waals surface area contributed by atoms with E-state index in [4.69, 9.17) is 0 Å². The molecule has 1 aliphatic rings. The summed E-state index contributed by atoms with van der Waals surface area (Å²) in [4.78, 5) is 13.1. The Bertz CT molecular complexity index is 661. The van der Waals surface area contributed by atoms with Crippen LogP contribution in [0.3, 0.4) is 0 Å². The first-order valence-electron chi connectivity index (χ1n) is 7.15. The summed E-state index contributed by atoms with van der Waals surface area (Å²) in [5.74, 6) is -1.06. The third-order valence-electron chi connectivity index (χ3n) is 4.18. The van der Waals surface area contributed by atoms with Crippen LogP contribution in [0.25, 0.3) is 11.0 Å². The van der Waals surface area contributed by atoms with E-state index in [-0.39, 0.29) is 0 Å². The molecule has 6 heteroatoms. The minimum absolute atomic E-state index is 0.374. The number of rotatable bonds is 3. The van der Waals surface area contributed by atoms with Gasteiger partial charge in [-0.05, 0) is 20.0 Å². The molecule has 0 bridgehead atoms. The molecule has 1 fully saturated rings. The van der Waals surface area contributed by atoms with Gasteiger partial charge in [-0.2, -0.15) is 0 Å². The number of nitrogens with zero attached hydrogens (tertiary/aromatic N) is 4. The molecule has 0 amide bonds. The van der Waals surface area contributed by atoms with Gasteiger partial charge in [-0.25, -0.2) is 13.8 Å². The molecule has 0 spiro atoms. The average Bonchev–Trinajstić information content (AvgIpc) is 2.97. The highest BCUT2D eigenvalue weighted by Crippen LogP contribution is 2.23. The maximum Gasteiger partial charge on any atom is 0.161 e. The number of benzene rings is 1. The molecular formula is C15H18F2N4. The first kappa shape index (κ1) is 14.1. The Labute approximate surface area is 122 Å². The fraction of sp³-hybridized carbons (Fsp3) is 0.467. The van der Waals surface area contributed by atoms with Gasteiger partial charge in [-0.1, -0.05) is 6.92 Å². The second-order valence-corrected chi connectivity index (χ2v) is 5.44. The molecule has 0 saturated carbocycles. The molecule has 1 aromatic carbocycles. The molecule has 1 aromatic heterocycles. The van der Waals surface area contributed by atoms with Gasteiger partial charge in [0, 0.05) is 31.3 Å². The third kappa shape index (κ3) is 2.68. The zero-order valence-electron chi connectivity index (χ0n) is 12.2. The number of fused-ring (bicyclic) bond motifs is 1. The number of likely N-dealkylation sites (N-methyl/N-ethyl adjacent to an activating group) is 1. The van der Waals surface area contributed by atoms with Crippen LogP contribution < -0.4 is 4.90 Å². The molecule has 3 rings (SSSR count). The van der Waals surface area contributed by atoms with Crippen LogP contribution in [0.5, 0.6) is 0 Å². The minimum atomic E-state index is -0.893. The number of hydrogen-bond donors (Lipinski definition) is 0. The van der Waals surface area contributed by atoms with Gasteiger partial charge in [0.2, 0.25) is 0 Å². The van der Waals surface area contributed by atoms with Gasteiger partial charge in [0.1, 0.15) is 5.82 Å². The topological polar surface area (TPSA) is 32.3 Å². The zero-order chi connectivity index (χ0) is 15.0. The normalized spacial score (nSPS) is 18.9. The van der Waals surface area contributed by atoms with E-state index in [9.17, 15) is 8.78 Å². The molecular weight excluding hydrogens is 274 g/mol. The molecule has 2 aromatic rings. The van der Waals surface area contributed by atoms with Crippen LogP contribution in [-0.4, -0.2) is 47.6 Å². The number of anilines is 1. The Morgan fingerprint density at radius 2 is 2.00 bits per heavy atom. The summed E-state index contributed by atoms with van der Waals surface area (Å²) in [6, 6.07) is 2.68. The zero-order valence-corrected chi connectivity index (χ0v) is 12.2. The van der Waals surface area contributed by atoms with Gasteiger partial charge in [0.05, 0.1) is 17.2 Å². The first-order valence-corrected chi connectivity index (χ1v) is 7.15. The van der Waals surface area contributed by atoms with Crippen molar-refractivity contribution in [3.8, 4) is 0 Å². The smallest absolute Gasteiger partial charge is 0.161 e. The first-order chi connectivity index (χ1) is 10.1. The average molecular weight is 292 g/mol. The van der Waals surface area contributed by atoms with E-state index < -0.39 is 11.6 Å². The van der Waals surface area contributed by atoms with E-state index in [0.29, 0.717) is 17.1 Å². The maximum absolute atomic E-state index is 13.3. The summed E-state index contributed by atoms with van der Waals surface area (Å²) < 4.78 is 26.5. The van der Waals surface area contributed by atoms with E-state index in [1.807, 2.05) is 0 Å². The minimum Gasteiger partial charge on any atom is -0.354 e. The largest absolute Gasteiger partial charge is 0.354 e. The number of aromatic nitrogens is 2. The predicted octanol–water partition coefficient (Wildman–Crippen LogP) is 2.44. The van der Waals surface area contributed by atoms with Crippen molar-refractivity contribution in [1.29, 1.82) is 0 Å². The lowest BCUT2D eigenvalue weighted by atomic mass is 10.2. The summed E-state index contributed by atoms with van der Waals surface area (Å²) >= 11 is 0. The Hall–Kier alpha value is -1.82. The molecule has 112 valence electrons. The second-order valence-electron chi connectivity index (χ2n) is 5.44. The van der Waals surface area contributed by atoms with Crippen LogP contribution in [-0.2, 0) is 0 Å². The SMILES string of the molecule is CCN(C)C1CCN(c2cnc3cc(F)c(F)cc3n2)C1. The summed E-state index contributed by atoms with van der Waals surface area (Å²) in [6.45, 7) is 4.93. The molecule has 1 aliphatic heterocycles. The van der Waals surface area contributed by atoms with Crippen molar-refractivity contribution in [2.75, 3.05) is 31.6 Å². The van der Waals surface area contributed by atoms with Crippen molar-refractivity contribution in [2.24, 2.45) is 0 Å². The Morgan fingerprint density at radius 1 is 1.29 bits per heavy atom. The number of halogens is 2. The second kappa shape index (κ2) is 5.52. The predicted molar refractivity (Wildman–Crippen MR) is 78.4 cm³/mol. The van der Waals surface area contributed by atoms with Crippen molar-refractivity contribution in [3.05, 3.63) is 30.0 Å². The Morgan fingerprint density at radius 3 is 2.71 bits per heavy atom. The van der Waals surface area contributed by atoms with Gasteiger partial charge in [0.25, 0.3) is 0 Å². The molecule has 2 heterocycles. The fourth-order valence-corrected chi connectivity index (χ4v) is 2.72. The number of hydrogen-bond acceptors (Lipinski definition) is 4. The molecule has 1 unspecified atom stereocenters. The molecule has 0 N–H and O–H groups in total. The molecule has 1 saturated heterocycles. The highest BCUT2D eigenvalue weighted by molar-refractivity contribution is 5.75. The molecule has 21 heavy (non-hydrogen) atoms. The van der Waals surface area contributed by atoms with Crippen LogP contribution >= 0.6 is 0 Å². The summed E-state index contributed by atoms with van der Waals surface area (Å²) in [5.41, 5.74) is 0.762. The van der Waals surface area contributed by atoms with E-state index in [1.165, 1.54) is 0 Å². The van der Waals surface area contributed by atoms with Crippen molar-refractivity contribution in [1.82, 2.24) is 14.9 Å². The van der Waals surface area contributed by atoms with Crippen LogP contribution in [0, 0.1) is 11.6 Å². The van der Waals surface area contributed by atoms with Crippen molar-refractivity contribution in [2.45, 2.75) is 19.4 Å². The molecule has 0 radical (unpaired) electrons. The Balaban J connectivity index is 1.87. The van der Waals surface area contributed by atoms with Crippen LogP contribution in [0.4, 0.5) is 14.6 Å². The van der Waals surface area contributed by atoms with E-state index in [0.717, 1.165) is 44.0 Å². The molecule has 4 nitrogen and oxygen atoms in total. The van der Waals surface area contributed by atoms with Crippen LogP contribution in [0.15, 0.2) is 18.3 Å². The summed E-state index contributed by atoms with van der Waals surface area (Å²) in [7, 11) is 2.11. The van der Waals surface area contributed by atoms with Crippen molar-refractivity contribution < 1.29 is 8.78 Å². The lowest BCUT2D eigenvalue weighted by Crippen LogP contribution is -2.34. The lowest BCUT2D eigenvalue weighted by molar-refractivity contribution is 0.272. The lowest BCUT2D eigenvalue weighted by Gasteiger charge is -2.23. The van der Waals surface area contributed by atoms with Crippen LogP contribution in [0.1, 0.15) is 13.3 Å². The van der Waals surface area contributed by atoms with E-state index in [1.54, 1.807) is 6.20 Å². The van der Waals surface area contributed by atoms with Crippen molar-refractivity contribution >= 4 is 16.9 Å². The van der Waals surface area contributed by atoms with Gasteiger partial charge in [-0.3, -0.25) is 4.98 Å². The highest BCUT2D eigenvalue weighted by atomic mass is 19.2. The third-order valence-corrected chi connectivity index (χ3v) is 4.18. The Kier molecular flexibility index (Phi) is 3.71. The van der Waals surface area contributed by atoms with Gasteiger partial charge in [0.15, 0.2) is 11.6 Å². The quantitative estimate of drug-likeness (QED) is 0.870. The fourth-order valence-electron chi connectivity index (χ4n) is 2.72.